The van der Waals surface area contributed by atoms with Crippen molar-refractivity contribution in [1.82, 2.24) is 9.29 Å². The van der Waals surface area contributed by atoms with Gasteiger partial charge in [-0.1, -0.05) is 31.2 Å². The molecule has 1 amide bonds. The Morgan fingerprint density at radius 1 is 1.03 bits per heavy atom. The van der Waals surface area contributed by atoms with E-state index in [1.54, 1.807) is 0 Å². The molecular formula is C28H27N3O4S2. The molecule has 4 aromatic rings. The third-order valence-electron chi connectivity index (χ3n) is 6.20. The molecule has 0 unspecified atom stereocenters. The minimum atomic E-state index is -3.66. The number of aromatic nitrogens is 1. The fourth-order valence-corrected chi connectivity index (χ4v) is 6.31. The summed E-state index contributed by atoms with van der Waals surface area (Å²) < 4.78 is 33.5. The van der Waals surface area contributed by atoms with Crippen molar-refractivity contribution in [2.75, 3.05) is 18.5 Å². The molecule has 9 heteroatoms. The highest BCUT2D eigenvalue weighted by Gasteiger charge is 2.28. The molecule has 3 aromatic carbocycles. The molecule has 0 saturated heterocycles. The number of amides is 1. The molecule has 1 aliphatic rings. The number of carbonyl (C=O) groups is 1. The zero-order valence-electron chi connectivity index (χ0n) is 20.4. The summed E-state index contributed by atoms with van der Waals surface area (Å²) in [6.07, 6.45) is 1.63. The van der Waals surface area contributed by atoms with Gasteiger partial charge in [0.1, 0.15) is 5.75 Å². The predicted molar refractivity (Wildman–Crippen MR) is 145 cm³/mol. The summed E-state index contributed by atoms with van der Waals surface area (Å²) in [4.78, 5) is 17.5. The lowest BCUT2D eigenvalue weighted by molar-refractivity contribution is 0.102. The van der Waals surface area contributed by atoms with E-state index in [2.05, 4.69) is 17.2 Å². The van der Waals surface area contributed by atoms with Crippen molar-refractivity contribution in [3.05, 3.63) is 94.9 Å². The summed E-state index contributed by atoms with van der Waals surface area (Å²) in [5.74, 6) is 0.463. The fourth-order valence-electron chi connectivity index (χ4n) is 4.18. The first kappa shape index (κ1) is 25.1. The van der Waals surface area contributed by atoms with Crippen molar-refractivity contribution in [2.24, 2.45) is 0 Å². The summed E-state index contributed by atoms with van der Waals surface area (Å²) in [5.41, 5.74) is 4.25. The number of sulfonamides is 1. The number of hydrogen-bond donors (Lipinski definition) is 1. The van der Waals surface area contributed by atoms with Crippen LogP contribution in [0.3, 0.4) is 0 Å². The van der Waals surface area contributed by atoms with E-state index in [4.69, 9.17) is 4.74 Å². The van der Waals surface area contributed by atoms with Crippen LogP contribution < -0.4 is 10.1 Å². The summed E-state index contributed by atoms with van der Waals surface area (Å²) in [6, 6.07) is 21.6. The lowest BCUT2D eigenvalue weighted by Gasteiger charge is -2.28. The van der Waals surface area contributed by atoms with Crippen LogP contribution in [0.25, 0.3) is 11.3 Å². The molecule has 0 saturated carbocycles. The average Bonchev–Trinajstić information content (AvgIpc) is 3.40. The second-order valence-corrected chi connectivity index (χ2v) is 11.5. The van der Waals surface area contributed by atoms with E-state index in [0.717, 1.165) is 29.0 Å². The van der Waals surface area contributed by atoms with Crippen LogP contribution in [0.1, 0.15) is 34.8 Å². The van der Waals surface area contributed by atoms with Crippen LogP contribution >= 0.6 is 11.3 Å². The second kappa shape index (κ2) is 10.8. The van der Waals surface area contributed by atoms with Crippen LogP contribution in [0.15, 0.2) is 83.1 Å². The highest BCUT2D eigenvalue weighted by molar-refractivity contribution is 7.89. The van der Waals surface area contributed by atoms with E-state index in [1.165, 1.54) is 45.5 Å². The van der Waals surface area contributed by atoms with Gasteiger partial charge in [-0.15, -0.1) is 11.3 Å². The molecule has 7 nitrogen and oxygen atoms in total. The topological polar surface area (TPSA) is 88.6 Å². The molecule has 2 heterocycles. The molecular weight excluding hydrogens is 506 g/mol. The third-order valence-corrected chi connectivity index (χ3v) is 8.81. The number of carbonyl (C=O) groups excluding carboxylic acids is 1. The number of thiazole rings is 1. The maximum Gasteiger partial charge on any atom is 0.257 e. The van der Waals surface area contributed by atoms with Crippen molar-refractivity contribution >= 4 is 32.4 Å². The van der Waals surface area contributed by atoms with Gasteiger partial charge >= 0.3 is 0 Å². The van der Waals surface area contributed by atoms with Crippen molar-refractivity contribution < 1.29 is 17.9 Å². The maximum absolute atomic E-state index is 13.2. The molecule has 1 N–H and O–H groups in total. The normalized spacial score (nSPS) is 13.6. The number of nitrogens with zero attached hydrogens (tertiary/aromatic N) is 2. The van der Waals surface area contributed by atoms with Gasteiger partial charge in [0.2, 0.25) is 10.0 Å². The van der Waals surface area contributed by atoms with Crippen molar-refractivity contribution in [3.8, 4) is 17.0 Å². The zero-order chi connectivity index (χ0) is 25.8. The van der Waals surface area contributed by atoms with E-state index < -0.39 is 10.0 Å². The van der Waals surface area contributed by atoms with Crippen LogP contribution in [0.4, 0.5) is 5.13 Å². The highest BCUT2D eigenvalue weighted by Crippen LogP contribution is 2.28. The maximum atomic E-state index is 13.2. The largest absolute Gasteiger partial charge is 0.494 e. The third kappa shape index (κ3) is 5.58. The standard InChI is InChI=1S/C28H27N3O4S2/c1-2-17-35-24-11-7-21(8-12-24)26-19-36-28(29-26)30-27(32)22-9-13-25(14-10-22)37(33,34)31-16-15-20-5-3-4-6-23(20)18-31/h3-14,19H,2,15-18H2,1H3,(H,29,30,32). The SMILES string of the molecule is CCCOc1ccc(-c2csc(NC(=O)c3ccc(S(=O)(=O)N4CCc5ccccc5C4)cc3)n2)cc1. The Morgan fingerprint density at radius 3 is 2.49 bits per heavy atom. The van der Waals surface area contributed by atoms with E-state index in [0.29, 0.717) is 36.8 Å². The molecule has 0 fully saturated rings. The van der Waals surface area contributed by atoms with Crippen LogP contribution in [0, 0.1) is 0 Å². The van der Waals surface area contributed by atoms with Gasteiger partial charge in [-0.3, -0.25) is 10.1 Å². The Kier molecular flexibility index (Phi) is 7.36. The first-order valence-corrected chi connectivity index (χ1v) is 14.4. The number of hydrogen-bond acceptors (Lipinski definition) is 6. The summed E-state index contributed by atoms with van der Waals surface area (Å²) in [6.45, 7) is 3.51. The summed E-state index contributed by atoms with van der Waals surface area (Å²) >= 11 is 1.33. The number of anilines is 1. The van der Waals surface area contributed by atoms with Crippen LogP contribution in [-0.2, 0) is 23.0 Å². The van der Waals surface area contributed by atoms with Crippen LogP contribution in [0.5, 0.6) is 5.75 Å². The van der Waals surface area contributed by atoms with Gasteiger partial charge < -0.3 is 4.74 Å². The number of ether oxygens (including phenoxy) is 1. The summed E-state index contributed by atoms with van der Waals surface area (Å²) in [7, 11) is -3.66. The first-order valence-electron chi connectivity index (χ1n) is 12.1. The Morgan fingerprint density at radius 2 is 1.76 bits per heavy atom. The molecule has 0 radical (unpaired) electrons. The van der Waals surface area contributed by atoms with E-state index in [1.807, 2.05) is 53.9 Å². The molecule has 1 aliphatic heterocycles. The predicted octanol–water partition coefficient (Wildman–Crippen LogP) is 5.60. The van der Waals surface area contributed by atoms with Crippen molar-refractivity contribution in [3.63, 3.8) is 0 Å². The van der Waals surface area contributed by atoms with Gasteiger partial charge in [-0.05, 0) is 72.5 Å². The monoisotopic (exact) mass is 533 g/mol. The van der Waals surface area contributed by atoms with Crippen LogP contribution in [-0.4, -0.2) is 36.8 Å². The molecule has 190 valence electrons. The minimum absolute atomic E-state index is 0.173. The Bertz CT molecular complexity index is 1500. The number of rotatable bonds is 8. The van der Waals surface area contributed by atoms with Crippen molar-refractivity contribution in [2.45, 2.75) is 31.2 Å². The Labute approximate surface area is 220 Å². The lowest BCUT2D eigenvalue weighted by Crippen LogP contribution is -2.35. The quantitative estimate of drug-likeness (QED) is 0.319. The van der Waals surface area contributed by atoms with Gasteiger partial charge in [0, 0.05) is 29.6 Å². The smallest absolute Gasteiger partial charge is 0.257 e. The van der Waals surface area contributed by atoms with Crippen LogP contribution in [0.2, 0.25) is 0 Å². The van der Waals surface area contributed by atoms with Gasteiger partial charge in [-0.25, -0.2) is 13.4 Å². The zero-order valence-corrected chi connectivity index (χ0v) is 22.0. The molecule has 5 rings (SSSR count). The Hall–Kier alpha value is -3.53. The van der Waals surface area contributed by atoms with E-state index in [9.17, 15) is 13.2 Å². The van der Waals surface area contributed by atoms with Gasteiger partial charge in [-0.2, -0.15) is 4.31 Å². The average molecular weight is 534 g/mol. The van der Waals surface area contributed by atoms with Crippen molar-refractivity contribution in [1.29, 1.82) is 0 Å². The van der Waals surface area contributed by atoms with Gasteiger partial charge in [0.25, 0.3) is 5.91 Å². The Balaban J connectivity index is 1.23. The van der Waals surface area contributed by atoms with E-state index >= 15 is 0 Å². The van der Waals surface area contributed by atoms with E-state index in [-0.39, 0.29) is 10.8 Å². The molecule has 0 bridgehead atoms. The second-order valence-electron chi connectivity index (χ2n) is 8.75. The number of benzene rings is 3. The molecule has 0 aliphatic carbocycles. The lowest BCUT2D eigenvalue weighted by atomic mass is 10.0. The molecule has 1 aromatic heterocycles. The fraction of sp³-hybridized carbons (Fsp3) is 0.214. The first-order chi connectivity index (χ1) is 17.9. The molecule has 0 atom stereocenters. The summed E-state index contributed by atoms with van der Waals surface area (Å²) in [5, 5.41) is 5.15. The van der Waals surface area contributed by atoms with Gasteiger partial charge in [0.15, 0.2) is 5.13 Å². The molecule has 0 spiro atoms. The highest BCUT2D eigenvalue weighted by atomic mass is 32.2. The number of nitrogens with one attached hydrogen (secondary N) is 1. The number of fused-ring (bicyclic) bond motifs is 1. The van der Waals surface area contributed by atoms with Gasteiger partial charge in [0.05, 0.1) is 17.2 Å². The minimum Gasteiger partial charge on any atom is -0.494 e. The molecule has 37 heavy (non-hydrogen) atoms.